The fraction of sp³-hybridized carbons (Fsp3) is 0.462. The molecule has 0 bridgehead atoms. The van der Waals surface area contributed by atoms with E-state index in [0.717, 1.165) is 31.5 Å². The number of aliphatic carboxylic acids is 1. The van der Waals surface area contributed by atoms with Gasteiger partial charge in [0.1, 0.15) is 6.04 Å². The number of rotatable bonds is 4. The van der Waals surface area contributed by atoms with Crippen LogP contribution in [-0.4, -0.2) is 35.1 Å². The van der Waals surface area contributed by atoms with Crippen LogP contribution in [0.25, 0.3) is 0 Å². The van der Waals surface area contributed by atoms with Crippen LogP contribution in [0.5, 0.6) is 0 Å². The molecule has 3 nitrogen and oxygen atoms in total. The predicted molar refractivity (Wildman–Crippen MR) is 72.4 cm³/mol. The molecule has 1 heterocycles. The van der Waals surface area contributed by atoms with Gasteiger partial charge in [0.2, 0.25) is 0 Å². The SMILES string of the molecule is O=C(O)[C@H](Cc1ccc(Cl)cc1Cl)N1CCCC1. The minimum Gasteiger partial charge on any atom is -0.480 e. The lowest BCUT2D eigenvalue weighted by atomic mass is 10.0. The summed E-state index contributed by atoms with van der Waals surface area (Å²) in [7, 11) is 0. The molecule has 1 aromatic carbocycles. The molecule has 1 saturated heterocycles. The lowest BCUT2D eigenvalue weighted by molar-refractivity contribution is -0.142. The summed E-state index contributed by atoms with van der Waals surface area (Å²) in [6.45, 7) is 1.70. The maximum absolute atomic E-state index is 11.4. The van der Waals surface area contributed by atoms with Crippen molar-refractivity contribution in [1.29, 1.82) is 0 Å². The van der Waals surface area contributed by atoms with Crippen LogP contribution in [0.15, 0.2) is 18.2 Å². The van der Waals surface area contributed by atoms with E-state index in [2.05, 4.69) is 0 Å². The maximum atomic E-state index is 11.4. The first-order chi connectivity index (χ1) is 8.58. The highest BCUT2D eigenvalue weighted by atomic mass is 35.5. The van der Waals surface area contributed by atoms with Crippen molar-refractivity contribution in [1.82, 2.24) is 4.90 Å². The van der Waals surface area contributed by atoms with E-state index in [9.17, 15) is 9.90 Å². The Morgan fingerprint density at radius 1 is 1.33 bits per heavy atom. The summed E-state index contributed by atoms with van der Waals surface area (Å²) in [5.74, 6) is -0.789. The van der Waals surface area contributed by atoms with Crippen LogP contribution in [0.2, 0.25) is 10.0 Å². The number of likely N-dealkylation sites (tertiary alicyclic amines) is 1. The van der Waals surface area contributed by atoms with Gasteiger partial charge in [0.15, 0.2) is 0 Å². The Hall–Kier alpha value is -0.770. The van der Waals surface area contributed by atoms with Crippen molar-refractivity contribution in [3.05, 3.63) is 33.8 Å². The third-order valence-electron chi connectivity index (χ3n) is 3.29. The van der Waals surface area contributed by atoms with Crippen LogP contribution >= 0.6 is 23.2 Å². The second-order valence-corrected chi connectivity index (χ2v) is 5.38. The van der Waals surface area contributed by atoms with E-state index in [-0.39, 0.29) is 0 Å². The van der Waals surface area contributed by atoms with Crippen LogP contribution in [0, 0.1) is 0 Å². The Kier molecular flexibility index (Phi) is 4.49. The van der Waals surface area contributed by atoms with Gasteiger partial charge in [0.05, 0.1) is 0 Å². The van der Waals surface area contributed by atoms with Crippen LogP contribution in [0.4, 0.5) is 0 Å². The number of carboxylic acid groups (broad SMARTS) is 1. The molecule has 0 unspecified atom stereocenters. The van der Waals surface area contributed by atoms with E-state index in [1.165, 1.54) is 0 Å². The van der Waals surface area contributed by atoms with Gasteiger partial charge >= 0.3 is 5.97 Å². The minimum atomic E-state index is -0.789. The molecule has 5 heteroatoms. The standard InChI is InChI=1S/C13H15Cl2NO2/c14-10-4-3-9(11(15)8-10)7-12(13(17)18)16-5-1-2-6-16/h3-4,8,12H,1-2,5-7H2,(H,17,18)/t12-/m0/s1. The van der Waals surface area contributed by atoms with Crippen LogP contribution in [0.1, 0.15) is 18.4 Å². The first kappa shape index (κ1) is 13.7. The molecule has 2 rings (SSSR count). The summed E-state index contributed by atoms with van der Waals surface area (Å²) in [5, 5.41) is 10.4. The van der Waals surface area contributed by atoms with Gasteiger partial charge in [-0.05, 0) is 43.6 Å². The third kappa shape index (κ3) is 3.16. The van der Waals surface area contributed by atoms with Gasteiger partial charge in [0.25, 0.3) is 0 Å². The second kappa shape index (κ2) is 5.91. The number of carboxylic acids is 1. The molecular weight excluding hydrogens is 273 g/mol. The normalized spacial score (nSPS) is 17.9. The molecule has 1 aliphatic heterocycles. The minimum absolute atomic E-state index is 0.422. The van der Waals surface area contributed by atoms with Gasteiger partial charge in [-0.1, -0.05) is 29.3 Å². The molecule has 0 radical (unpaired) electrons. The van der Waals surface area contributed by atoms with Crippen LogP contribution in [-0.2, 0) is 11.2 Å². The Balaban J connectivity index is 2.15. The summed E-state index contributed by atoms with van der Waals surface area (Å²) in [5.41, 5.74) is 0.834. The zero-order chi connectivity index (χ0) is 13.1. The Morgan fingerprint density at radius 3 is 2.56 bits per heavy atom. The summed E-state index contributed by atoms with van der Waals surface area (Å²) in [6.07, 6.45) is 2.56. The average Bonchev–Trinajstić information content (AvgIpc) is 2.80. The molecule has 1 N–H and O–H groups in total. The molecule has 18 heavy (non-hydrogen) atoms. The van der Waals surface area contributed by atoms with Crippen molar-refractivity contribution in [2.45, 2.75) is 25.3 Å². The van der Waals surface area contributed by atoms with E-state index in [4.69, 9.17) is 23.2 Å². The Labute approximate surface area is 116 Å². The molecule has 0 spiro atoms. The highest BCUT2D eigenvalue weighted by Gasteiger charge is 2.28. The number of carbonyl (C=O) groups is 1. The summed E-state index contributed by atoms with van der Waals surface area (Å²) >= 11 is 11.9. The predicted octanol–water partition coefficient (Wildman–Crippen LogP) is 3.08. The molecule has 1 aromatic rings. The van der Waals surface area contributed by atoms with Gasteiger partial charge in [-0.2, -0.15) is 0 Å². The van der Waals surface area contributed by atoms with Gasteiger partial charge in [-0.15, -0.1) is 0 Å². The highest BCUT2D eigenvalue weighted by Crippen LogP contribution is 2.24. The molecule has 0 aliphatic carbocycles. The van der Waals surface area contributed by atoms with E-state index < -0.39 is 12.0 Å². The fourth-order valence-corrected chi connectivity index (χ4v) is 2.81. The first-order valence-corrected chi connectivity index (χ1v) is 6.74. The third-order valence-corrected chi connectivity index (χ3v) is 3.88. The van der Waals surface area contributed by atoms with Gasteiger partial charge < -0.3 is 5.11 Å². The quantitative estimate of drug-likeness (QED) is 0.925. The molecule has 1 atom stereocenters. The molecule has 0 saturated carbocycles. The summed E-state index contributed by atoms with van der Waals surface area (Å²) < 4.78 is 0. The van der Waals surface area contributed by atoms with Crippen LogP contribution < -0.4 is 0 Å². The number of benzene rings is 1. The van der Waals surface area contributed by atoms with E-state index >= 15 is 0 Å². The van der Waals surface area contributed by atoms with Crippen molar-refractivity contribution in [2.24, 2.45) is 0 Å². The first-order valence-electron chi connectivity index (χ1n) is 5.98. The topological polar surface area (TPSA) is 40.5 Å². The average molecular weight is 288 g/mol. The molecule has 1 aliphatic rings. The smallest absolute Gasteiger partial charge is 0.321 e. The molecule has 1 fully saturated rings. The zero-order valence-corrected chi connectivity index (χ0v) is 11.4. The van der Waals surface area contributed by atoms with E-state index in [1.54, 1.807) is 18.2 Å². The maximum Gasteiger partial charge on any atom is 0.321 e. The van der Waals surface area contributed by atoms with E-state index in [1.807, 2.05) is 4.90 Å². The summed E-state index contributed by atoms with van der Waals surface area (Å²) in [4.78, 5) is 13.4. The number of hydrogen-bond acceptors (Lipinski definition) is 2. The van der Waals surface area contributed by atoms with Gasteiger partial charge in [0, 0.05) is 16.5 Å². The van der Waals surface area contributed by atoms with Crippen molar-refractivity contribution in [3.8, 4) is 0 Å². The lowest BCUT2D eigenvalue weighted by Gasteiger charge is -2.24. The fourth-order valence-electron chi connectivity index (χ4n) is 2.32. The number of nitrogens with zero attached hydrogens (tertiary/aromatic N) is 1. The Morgan fingerprint density at radius 2 is 2.00 bits per heavy atom. The van der Waals surface area contributed by atoms with Crippen molar-refractivity contribution >= 4 is 29.2 Å². The molecule has 0 aromatic heterocycles. The van der Waals surface area contributed by atoms with Crippen molar-refractivity contribution in [2.75, 3.05) is 13.1 Å². The van der Waals surface area contributed by atoms with E-state index in [0.29, 0.717) is 16.5 Å². The highest BCUT2D eigenvalue weighted by molar-refractivity contribution is 6.35. The Bertz CT molecular complexity index is 445. The molecule has 0 amide bonds. The van der Waals surface area contributed by atoms with Gasteiger partial charge in [-0.3, -0.25) is 9.69 Å². The van der Waals surface area contributed by atoms with Crippen molar-refractivity contribution < 1.29 is 9.90 Å². The van der Waals surface area contributed by atoms with Gasteiger partial charge in [-0.25, -0.2) is 0 Å². The number of hydrogen-bond donors (Lipinski definition) is 1. The zero-order valence-electron chi connectivity index (χ0n) is 9.90. The van der Waals surface area contributed by atoms with Crippen LogP contribution in [0.3, 0.4) is 0 Å². The monoisotopic (exact) mass is 287 g/mol. The largest absolute Gasteiger partial charge is 0.480 e. The lowest BCUT2D eigenvalue weighted by Crippen LogP contribution is -2.40. The number of halogens is 2. The molecule has 98 valence electrons. The molecular formula is C13H15Cl2NO2. The summed E-state index contributed by atoms with van der Waals surface area (Å²) in [6, 6.07) is 4.70. The second-order valence-electron chi connectivity index (χ2n) is 4.54. The van der Waals surface area contributed by atoms with Crippen molar-refractivity contribution in [3.63, 3.8) is 0 Å².